The molecule has 3 rings (SSSR count). The van der Waals surface area contributed by atoms with Gasteiger partial charge < -0.3 is 14.4 Å². The maximum absolute atomic E-state index is 10.9. The van der Waals surface area contributed by atoms with Crippen molar-refractivity contribution in [3.05, 3.63) is 11.6 Å². The molecule has 0 bridgehead atoms. The average molecular weight is 279 g/mol. The molecule has 1 fully saturated rings. The minimum absolute atomic E-state index is 0.169. The number of carbonyl (C=O) groups is 1. The first-order valence-corrected chi connectivity index (χ1v) is 7.49. The summed E-state index contributed by atoms with van der Waals surface area (Å²) in [5.41, 5.74) is 0. The topological polar surface area (TPSA) is 77.2 Å². The molecule has 0 radical (unpaired) electrons. The highest BCUT2D eigenvalue weighted by molar-refractivity contribution is 5.70. The molecule has 1 aromatic rings. The van der Waals surface area contributed by atoms with E-state index < -0.39 is 5.97 Å². The zero-order chi connectivity index (χ0) is 13.9. The lowest BCUT2D eigenvalue weighted by atomic mass is 9.87. The van der Waals surface area contributed by atoms with Crippen LogP contribution in [0.15, 0.2) is 0 Å². The zero-order valence-electron chi connectivity index (χ0n) is 11.6. The van der Waals surface area contributed by atoms with Crippen molar-refractivity contribution in [3.63, 3.8) is 0 Å². The van der Waals surface area contributed by atoms with Gasteiger partial charge in [0, 0.05) is 13.0 Å². The number of rotatable bonds is 4. The van der Waals surface area contributed by atoms with Crippen molar-refractivity contribution in [3.8, 4) is 0 Å². The molecule has 0 atom stereocenters. The van der Waals surface area contributed by atoms with E-state index in [1.807, 2.05) is 0 Å². The standard InChI is InChI=1S/C14H21N3O3/c18-14(19)10-4-6-11(7-5-10)20-9-13-16-15-12-3-1-2-8-17(12)13/h10-11H,1-9H2,(H,18,19). The summed E-state index contributed by atoms with van der Waals surface area (Å²) in [6.45, 7) is 1.49. The SMILES string of the molecule is O=C(O)C1CCC(OCc2nnc3n2CCCC3)CC1. The summed E-state index contributed by atoms with van der Waals surface area (Å²) in [6, 6.07) is 0. The van der Waals surface area contributed by atoms with Gasteiger partial charge in [0.25, 0.3) is 0 Å². The molecule has 110 valence electrons. The number of carboxylic acids is 1. The van der Waals surface area contributed by atoms with Gasteiger partial charge in [-0.25, -0.2) is 0 Å². The number of fused-ring (bicyclic) bond motifs is 1. The molecular formula is C14H21N3O3. The highest BCUT2D eigenvalue weighted by Gasteiger charge is 2.26. The van der Waals surface area contributed by atoms with E-state index in [2.05, 4.69) is 14.8 Å². The Bertz CT molecular complexity index is 478. The van der Waals surface area contributed by atoms with Crippen molar-refractivity contribution >= 4 is 5.97 Å². The van der Waals surface area contributed by atoms with E-state index in [4.69, 9.17) is 9.84 Å². The summed E-state index contributed by atoms with van der Waals surface area (Å²) in [4.78, 5) is 10.9. The number of aryl methyl sites for hydroxylation is 1. The van der Waals surface area contributed by atoms with Gasteiger partial charge in [-0.3, -0.25) is 4.79 Å². The molecule has 6 heteroatoms. The van der Waals surface area contributed by atoms with E-state index in [0.29, 0.717) is 6.61 Å². The normalized spacial score (nSPS) is 26.2. The van der Waals surface area contributed by atoms with Crippen LogP contribution in [0.25, 0.3) is 0 Å². The fourth-order valence-corrected chi connectivity index (χ4v) is 3.14. The van der Waals surface area contributed by atoms with Gasteiger partial charge in [0.1, 0.15) is 12.4 Å². The molecule has 0 saturated heterocycles. The second-order valence-corrected chi connectivity index (χ2v) is 5.76. The van der Waals surface area contributed by atoms with Crippen LogP contribution in [-0.4, -0.2) is 31.9 Å². The first kappa shape index (κ1) is 13.5. The Labute approximate surface area is 118 Å². The van der Waals surface area contributed by atoms with Crippen molar-refractivity contribution in [2.45, 2.75) is 64.2 Å². The monoisotopic (exact) mass is 279 g/mol. The van der Waals surface area contributed by atoms with Crippen LogP contribution in [-0.2, 0) is 29.1 Å². The minimum Gasteiger partial charge on any atom is -0.481 e. The molecule has 0 amide bonds. The molecule has 0 aromatic carbocycles. The Kier molecular flexibility index (Phi) is 4.00. The molecule has 0 spiro atoms. The van der Waals surface area contributed by atoms with Gasteiger partial charge in [-0.1, -0.05) is 0 Å². The van der Waals surface area contributed by atoms with E-state index in [1.54, 1.807) is 0 Å². The van der Waals surface area contributed by atoms with Crippen molar-refractivity contribution in [2.75, 3.05) is 0 Å². The van der Waals surface area contributed by atoms with Crippen molar-refractivity contribution in [1.82, 2.24) is 14.8 Å². The van der Waals surface area contributed by atoms with E-state index in [-0.39, 0.29) is 12.0 Å². The number of aromatic nitrogens is 3. The molecule has 1 saturated carbocycles. The lowest BCUT2D eigenvalue weighted by Gasteiger charge is -2.26. The quantitative estimate of drug-likeness (QED) is 0.909. The second kappa shape index (κ2) is 5.91. The van der Waals surface area contributed by atoms with E-state index in [9.17, 15) is 4.79 Å². The lowest BCUT2D eigenvalue weighted by Crippen LogP contribution is -2.26. The molecule has 1 aromatic heterocycles. The molecule has 0 unspecified atom stereocenters. The predicted molar refractivity (Wildman–Crippen MR) is 71.1 cm³/mol. The maximum atomic E-state index is 10.9. The Morgan fingerprint density at radius 2 is 2.05 bits per heavy atom. The highest BCUT2D eigenvalue weighted by Crippen LogP contribution is 2.27. The first-order chi connectivity index (χ1) is 9.74. The van der Waals surface area contributed by atoms with Gasteiger partial charge in [0.2, 0.25) is 0 Å². The van der Waals surface area contributed by atoms with Crippen LogP contribution in [0.5, 0.6) is 0 Å². The molecule has 2 aliphatic rings. The molecule has 1 aliphatic carbocycles. The second-order valence-electron chi connectivity index (χ2n) is 5.76. The van der Waals surface area contributed by atoms with Gasteiger partial charge in [0.15, 0.2) is 5.82 Å². The smallest absolute Gasteiger partial charge is 0.306 e. The molecule has 2 heterocycles. The summed E-state index contributed by atoms with van der Waals surface area (Å²) in [5.74, 6) is 1.13. The summed E-state index contributed by atoms with van der Waals surface area (Å²) < 4.78 is 8.08. The fraction of sp³-hybridized carbons (Fsp3) is 0.786. The Hall–Kier alpha value is -1.43. The largest absolute Gasteiger partial charge is 0.481 e. The van der Waals surface area contributed by atoms with Crippen molar-refractivity contribution in [2.24, 2.45) is 5.92 Å². The van der Waals surface area contributed by atoms with Crippen LogP contribution < -0.4 is 0 Å². The van der Waals surface area contributed by atoms with Crippen molar-refractivity contribution < 1.29 is 14.6 Å². The summed E-state index contributed by atoms with van der Waals surface area (Å²) in [6.07, 6.45) is 6.66. The van der Waals surface area contributed by atoms with Crippen molar-refractivity contribution in [1.29, 1.82) is 0 Å². The van der Waals surface area contributed by atoms with Gasteiger partial charge in [-0.05, 0) is 38.5 Å². The maximum Gasteiger partial charge on any atom is 0.306 e. The molecule has 20 heavy (non-hydrogen) atoms. The van der Waals surface area contributed by atoms with Crippen LogP contribution in [0.3, 0.4) is 0 Å². The Balaban J connectivity index is 1.51. The third-order valence-corrected chi connectivity index (χ3v) is 4.41. The number of hydrogen-bond donors (Lipinski definition) is 1. The summed E-state index contributed by atoms with van der Waals surface area (Å²) in [5, 5.41) is 17.4. The molecular weight excluding hydrogens is 258 g/mol. The number of ether oxygens (including phenoxy) is 1. The predicted octanol–water partition coefficient (Wildman–Crippen LogP) is 1.77. The number of aliphatic carboxylic acids is 1. The summed E-state index contributed by atoms with van der Waals surface area (Å²) in [7, 11) is 0. The number of nitrogens with zero attached hydrogens (tertiary/aromatic N) is 3. The zero-order valence-corrected chi connectivity index (χ0v) is 11.6. The van der Waals surface area contributed by atoms with Crippen LogP contribution in [0.4, 0.5) is 0 Å². The first-order valence-electron chi connectivity index (χ1n) is 7.49. The Morgan fingerprint density at radius 1 is 1.25 bits per heavy atom. The van der Waals surface area contributed by atoms with Crippen LogP contribution in [0.2, 0.25) is 0 Å². The van der Waals surface area contributed by atoms with E-state index in [0.717, 1.165) is 50.3 Å². The number of carboxylic acid groups (broad SMARTS) is 1. The third kappa shape index (κ3) is 2.85. The van der Waals surface area contributed by atoms with Gasteiger partial charge in [-0.2, -0.15) is 0 Å². The highest BCUT2D eigenvalue weighted by atomic mass is 16.5. The minimum atomic E-state index is -0.671. The van der Waals surface area contributed by atoms with E-state index >= 15 is 0 Å². The molecule has 1 N–H and O–H groups in total. The molecule has 1 aliphatic heterocycles. The molecule has 6 nitrogen and oxygen atoms in total. The van der Waals surface area contributed by atoms with Crippen LogP contribution >= 0.6 is 0 Å². The van der Waals surface area contributed by atoms with Gasteiger partial charge in [-0.15, -0.1) is 10.2 Å². The third-order valence-electron chi connectivity index (χ3n) is 4.41. The fourth-order valence-electron chi connectivity index (χ4n) is 3.14. The van der Waals surface area contributed by atoms with Crippen LogP contribution in [0, 0.1) is 5.92 Å². The Morgan fingerprint density at radius 3 is 2.80 bits per heavy atom. The van der Waals surface area contributed by atoms with Crippen LogP contribution in [0.1, 0.15) is 50.2 Å². The summed E-state index contributed by atoms with van der Waals surface area (Å²) >= 11 is 0. The number of hydrogen-bond acceptors (Lipinski definition) is 4. The van der Waals surface area contributed by atoms with Gasteiger partial charge >= 0.3 is 5.97 Å². The average Bonchev–Trinajstić information content (AvgIpc) is 2.89. The lowest BCUT2D eigenvalue weighted by molar-refractivity contribution is -0.143. The van der Waals surface area contributed by atoms with Gasteiger partial charge in [0.05, 0.1) is 12.0 Å². The van der Waals surface area contributed by atoms with E-state index in [1.165, 1.54) is 12.8 Å².